The maximum Gasteiger partial charge on any atom is 0.271 e. The molecule has 6 rings (SSSR count). The Labute approximate surface area is 128 Å². The molecule has 1 aliphatic carbocycles. The number of piperidine rings is 3. The first-order valence-electron chi connectivity index (χ1n) is 8.11. The minimum atomic E-state index is -0.0550. The molecule has 1 spiro atoms. The lowest BCUT2D eigenvalue weighted by atomic mass is 9.77. The number of nitrogens with one attached hydrogen (secondary N) is 1. The zero-order valence-electron chi connectivity index (χ0n) is 12.4. The Balaban J connectivity index is 1.42. The number of amides is 1. The Bertz CT molecular complexity index is 742. The van der Waals surface area contributed by atoms with Crippen molar-refractivity contribution >= 4 is 11.6 Å². The number of rotatable bonds is 2. The molecule has 0 radical (unpaired) electrons. The highest BCUT2D eigenvalue weighted by Crippen LogP contribution is 2.53. The quantitative estimate of drug-likeness (QED) is 0.901. The predicted octanol–water partition coefficient (Wildman–Crippen LogP) is 1.09. The molecule has 0 aromatic carbocycles. The fourth-order valence-corrected chi connectivity index (χ4v) is 4.48. The standard InChI is InChI=1S/C16H19N5O/c22-15(12-10-20-8-5-17-13(20)9-18-12)19-14-11-1-6-21(7-2-11)16(14)3-4-16/h5,8-11,14H,1-4,6-7H2,(H,19,22). The van der Waals surface area contributed by atoms with Gasteiger partial charge in [-0.3, -0.25) is 9.69 Å². The van der Waals surface area contributed by atoms with Gasteiger partial charge < -0.3 is 9.72 Å². The van der Waals surface area contributed by atoms with Gasteiger partial charge in [0.1, 0.15) is 5.69 Å². The molecular weight excluding hydrogens is 278 g/mol. The number of nitrogens with zero attached hydrogens (tertiary/aromatic N) is 4. The number of hydrogen-bond acceptors (Lipinski definition) is 4. The summed E-state index contributed by atoms with van der Waals surface area (Å²) >= 11 is 0. The maximum absolute atomic E-state index is 12.6. The summed E-state index contributed by atoms with van der Waals surface area (Å²) < 4.78 is 1.84. The van der Waals surface area contributed by atoms with Crippen molar-refractivity contribution in [3.8, 4) is 0 Å². The van der Waals surface area contributed by atoms with E-state index in [9.17, 15) is 4.79 Å². The number of aromatic nitrogens is 3. The predicted molar refractivity (Wildman–Crippen MR) is 80.5 cm³/mol. The van der Waals surface area contributed by atoms with Crippen molar-refractivity contribution in [3.63, 3.8) is 0 Å². The third-order valence-electron chi connectivity index (χ3n) is 5.78. The van der Waals surface area contributed by atoms with Crippen LogP contribution in [0, 0.1) is 5.92 Å². The first kappa shape index (κ1) is 12.6. The summed E-state index contributed by atoms with van der Waals surface area (Å²) in [6.07, 6.45) is 11.8. The van der Waals surface area contributed by atoms with E-state index in [2.05, 4.69) is 20.2 Å². The monoisotopic (exact) mass is 297 g/mol. The molecule has 114 valence electrons. The molecule has 5 heterocycles. The SMILES string of the molecule is O=C(NC1C2CCN(CC2)C12CC2)c1cn2ccnc2cn1. The molecule has 1 N–H and O–H groups in total. The first-order valence-corrected chi connectivity index (χ1v) is 8.11. The lowest BCUT2D eigenvalue weighted by molar-refractivity contribution is -0.00153. The van der Waals surface area contributed by atoms with Gasteiger partial charge in [-0.15, -0.1) is 0 Å². The van der Waals surface area contributed by atoms with Gasteiger partial charge in [0.2, 0.25) is 0 Å². The van der Waals surface area contributed by atoms with Crippen molar-refractivity contribution in [2.24, 2.45) is 5.92 Å². The second-order valence-electron chi connectivity index (χ2n) is 6.84. The maximum atomic E-state index is 12.6. The molecule has 4 fully saturated rings. The molecule has 1 unspecified atom stereocenters. The van der Waals surface area contributed by atoms with Crippen LogP contribution in [0.15, 0.2) is 24.8 Å². The van der Waals surface area contributed by atoms with Crippen LogP contribution in [-0.4, -0.2) is 49.8 Å². The van der Waals surface area contributed by atoms with Gasteiger partial charge >= 0.3 is 0 Å². The molecular formula is C16H19N5O. The van der Waals surface area contributed by atoms with Crippen molar-refractivity contribution in [2.45, 2.75) is 37.3 Å². The fourth-order valence-electron chi connectivity index (χ4n) is 4.48. The van der Waals surface area contributed by atoms with Crippen LogP contribution in [0.4, 0.5) is 0 Å². The van der Waals surface area contributed by atoms with Crippen LogP contribution in [-0.2, 0) is 0 Å². The van der Waals surface area contributed by atoms with Crippen LogP contribution in [0.5, 0.6) is 0 Å². The molecule has 3 saturated heterocycles. The van der Waals surface area contributed by atoms with E-state index in [1.54, 1.807) is 18.6 Å². The minimum Gasteiger partial charge on any atom is -0.346 e. The topological polar surface area (TPSA) is 62.5 Å². The van der Waals surface area contributed by atoms with Crippen LogP contribution in [0.2, 0.25) is 0 Å². The average Bonchev–Trinajstić information content (AvgIpc) is 3.18. The Morgan fingerprint density at radius 1 is 1.27 bits per heavy atom. The molecule has 6 nitrogen and oxygen atoms in total. The van der Waals surface area contributed by atoms with Crippen molar-refractivity contribution in [1.29, 1.82) is 0 Å². The van der Waals surface area contributed by atoms with Gasteiger partial charge in [0.05, 0.1) is 12.2 Å². The summed E-state index contributed by atoms with van der Waals surface area (Å²) in [6.45, 7) is 2.41. The first-order chi connectivity index (χ1) is 10.8. The van der Waals surface area contributed by atoms with Crippen LogP contribution in [0.3, 0.4) is 0 Å². The summed E-state index contributed by atoms with van der Waals surface area (Å²) in [5.41, 5.74) is 1.49. The molecule has 2 bridgehead atoms. The van der Waals surface area contributed by atoms with Crippen molar-refractivity contribution in [1.82, 2.24) is 24.6 Å². The van der Waals surface area contributed by atoms with E-state index >= 15 is 0 Å². The number of carbonyl (C=O) groups is 1. The van der Waals surface area contributed by atoms with E-state index in [0.29, 0.717) is 17.7 Å². The van der Waals surface area contributed by atoms with Gasteiger partial charge in [0.15, 0.2) is 5.65 Å². The second kappa shape index (κ2) is 4.29. The van der Waals surface area contributed by atoms with Crippen molar-refractivity contribution in [2.75, 3.05) is 13.1 Å². The van der Waals surface area contributed by atoms with E-state index in [0.717, 1.165) is 5.65 Å². The molecule has 2 aromatic heterocycles. The second-order valence-corrected chi connectivity index (χ2v) is 6.84. The molecule has 1 atom stereocenters. The molecule has 1 saturated carbocycles. The summed E-state index contributed by atoms with van der Waals surface area (Å²) in [7, 11) is 0. The van der Waals surface area contributed by atoms with Crippen molar-refractivity contribution in [3.05, 3.63) is 30.5 Å². The smallest absolute Gasteiger partial charge is 0.271 e. The molecule has 22 heavy (non-hydrogen) atoms. The van der Waals surface area contributed by atoms with E-state index in [1.165, 1.54) is 38.8 Å². The lowest BCUT2D eigenvalue weighted by Crippen LogP contribution is -2.65. The minimum absolute atomic E-state index is 0.0550. The van der Waals surface area contributed by atoms with E-state index in [-0.39, 0.29) is 11.4 Å². The third kappa shape index (κ3) is 1.67. The summed E-state index contributed by atoms with van der Waals surface area (Å²) in [4.78, 5) is 23.7. The fraction of sp³-hybridized carbons (Fsp3) is 0.562. The van der Waals surface area contributed by atoms with E-state index in [1.807, 2.05) is 10.6 Å². The normalized spacial score (nSPS) is 31.5. The Kier molecular flexibility index (Phi) is 2.45. The molecule has 4 aliphatic rings. The molecule has 1 amide bonds. The summed E-state index contributed by atoms with van der Waals surface area (Å²) in [5.74, 6) is 0.578. The van der Waals surface area contributed by atoms with Crippen LogP contribution < -0.4 is 5.32 Å². The van der Waals surface area contributed by atoms with E-state index in [4.69, 9.17) is 0 Å². The van der Waals surface area contributed by atoms with E-state index < -0.39 is 0 Å². The zero-order valence-corrected chi connectivity index (χ0v) is 12.4. The average molecular weight is 297 g/mol. The van der Waals surface area contributed by atoms with Gasteiger partial charge in [-0.25, -0.2) is 9.97 Å². The van der Waals surface area contributed by atoms with Gasteiger partial charge in [0, 0.05) is 24.1 Å². The van der Waals surface area contributed by atoms with Gasteiger partial charge in [0.25, 0.3) is 5.91 Å². The third-order valence-corrected chi connectivity index (χ3v) is 5.78. The largest absolute Gasteiger partial charge is 0.346 e. The number of fused-ring (bicyclic) bond motifs is 3. The van der Waals surface area contributed by atoms with Gasteiger partial charge in [-0.2, -0.15) is 0 Å². The van der Waals surface area contributed by atoms with Crippen LogP contribution in [0.25, 0.3) is 5.65 Å². The molecule has 6 heteroatoms. The highest BCUT2D eigenvalue weighted by atomic mass is 16.2. The summed E-state index contributed by atoms with van der Waals surface area (Å²) in [5, 5.41) is 3.30. The highest BCUT2D eigenvalue weighted by molar-refractivity contribution is 5.92. The Morgan fingerprint density at radius 3 is 2.86 bits per heavy atom. The Hall–Kier alpha value is -1.95. The molecule has 2 aromatic rings. The Morgan fingerprint density at radius 2 is 2.09 bits per heavy atom. The molecule has 3 aliphatic heterocycles. The summed E-state index contributed by atoms with van der Waals surface area (Å²) in [6, 6.07) is 0.294. The zero-order chi connectivity index (χ0) is 14.7. The highest BCUT2D eigenvalue weighted by Gasteiger charge is 2.60. The van der Waals surface area contributed by atoms with Crippen molar-refractivity contribution < 1.29 is 4.79 Å². The number of carbonyl (C=O) groups excluding carboxylic acids is 1. The number of imidazole rings is 1. The number of hydrogen-bond donors (Lipinski definition) is 1. The lowest BCUT2D eigenvalue weighted by Gasteiger charge is -2.52. The van der Waals surface area contributed by atoms with Gasteiger partial charge in [-0.05, 0) is 44.7 Å². The van der Waals surface area contributed by atoms with Crippen LogP contribution in [0.1, 0.15) is 36.2 Å². The van der Waals surface area contributed by atoms with Gasteiger partial charge in [-0.1, -0.05) is 0 Å². The van der Waals surface area contributed by atoms with Crippen LogP contribution >= 0.6 is 0 Å².